The van der Waals surface area contributed by atoms with Gasteiger partial charge in [-0.15, -0.1) is 11.6 Å². The maximum atomic E-state index is 11.3. The highest BCUT2D eigenvalue weighted by Gasteiger charge is 2.41. The lowest BCUT2D eigenvalue weighted by Crippen LogP contribution is -2.22. The summed E-state index contributed by atoms with van der Waals surface area (Å²) < 4.78 is 5.87. The third kappa shape index (κ3) is 2.17. The number of aromatic nitrogens is 2. The van der Waals surface area contributed by atoms with Crippen LogP contribution in [0.2, 0.25) is 0 Å². The van der Waals surface area contributed by atoms with Crippen LogP contribution in [0, 0.1) is 11.8 Å². The average molecular weight is 295 g/mol. The number of aromatic amines is 2. The van der Waals surface area contributed by atoms with Crippen molar-refractivity contribution in [3.8, 4) is 0 Å². The number of hydrogen-bond acceptors (Lipinski definition) is 2. The van der Waals surface area contributed by atoms with Crippen molar-refractivity contribution in [3.63, 3.8) is 0 Å². The molecule has 2 N–H and O–H groups in total. The van der Waals surface area contributed by atoms with Crippen molar-refractivity contribution in [1.29, 1.82) is 0 Å². The predicted octanol–water partition coefficient (Wildman–Crippen LogP) is 3.20. The fourth-order valence-corrected chi connectivity index (χ4v) is 3.81. The van der Waals surface area contributed by atoms with E-state index in [9.17, 15) is 4.79 Å². The Balaban J connectivity index is 1.95. The largest absolute Gasteiger partial charge is 0.375 e. The Labute approximate surface area is 122 Å². The maximum Gasteiger partial charge on any atom is 0.323 e. The summed E-state index contributed by atoms with van der Waals surface area (Å²) in [5.41, 5.74) is 2.43. The van der Waals surface area contributed by atoms with Crippen LogP contribution in [0.15, 0.2) is 23.0 Å². The Morgan fingerprint density at radius 3 is 2.50 bits per heavy atom. The topological polar surface area (TPSA) is 57.9 Å². The Bertz CT molecular complexity index is 678. The minimum absolute atomic E-state index is 0.118. The molecule has 1 aromatic carbocycles. The SMILES string of the molecule is CC1OC(C)C(C(Cl)c2ccc3[nH]c(=O)[nH]c3c2)C1C. The number of alkyl halides is 1. The fraction of sp³-hybridized carbons (Fsp3) is 0.533. The van der Waals surface area contributed by atoms with Crippen LogP contribution in [-0.2, 0) is 4.74 Å². The van der Waals surface area contributed by atoms with Crippen molar-refractivity contribution in [2.24, 2.45) is 11.8 Å². The van der Waals surface area contributed by atoms with Crippen LogP contribution in [0.1, 0.15) is 31.7 Å². The summed E-state index contributed by atoms with van der Waals surface area (Å²) in [5.74, 6) is 0.684. The number of imidazole rings is 1. The average Bonchev–Trinajstić information content (AvgIpc) is 2.87. The monoisotopic (exact) mass is 294 g/mol. The van der Waals surface area contributed by atoms with E-state index in [1.165, 1.54) is 0 Å². The highest BCUT2D eigenvalue weighted by molar-refractivity contribution is 6.21. The molecule has 0 aliphatic carbocycles. The zero-order chi connectivity index (χ0) is 14.4. The van der Waals surface area contributed by atoms with Gasteiger partial charge < -0.3 is 14.7 Å². The molecule has 1 aliphatic heterocycles. The van der Waals surface area contributed by atoms with E-state index < -0.39 is 0 Å². The van der Waals surface area contributed by atoms with Crippen molar-refractivity contribution in [2.45, 2.75) is 38.4 Å². The number of fused-ring (bicyclic) bond motifs is 1. The number of hydrogen-bond donors (Lipinski definition) is 2. The number of ether oxygens (including phenoxy) is 1. The van der Waals surface area contributed by atoms with Crippen LogP contribution in [0.3, 0.4) is 0 Å². The van der Waals surface area contributed by atoms with Gasteiger partial charge in [0.15, 0.2) is 0 Å². The molecule has 5 unspecified atom stereocenters. The first-order valence-electron chi connectivity index (χ1n) is 6.99. The lowest BCUT2D eigenvalue weighted by Gasteiger charge is -2.24. The molecular weight excluding hydrogens is 276 g/mol. The quantitative estimate of drug-likeness (QED) is 0.836. The van der Waals surface area contributed by atoms with E-state index in [0.29, 0.717) is 5.92 Å². The van der Waals surface area contributed by atoms with Gasteiger partial charge in [0.05, 0.1) is 28.6 Å². The van der Waals surface area contributed by atoms with Gasteiger partial charge in [0, 0.05) is 5.92 Å². The van der Waals surface area contributed by atoms with E-state index in [1.54, 1.807) is 0 Å². The lowest BCUT2D eigenvalue weighted by molar-refractivity contribution is 0.0508. The van der Waals surface area contributed by atoms with E-state index in [4.69, 9.17) is 16.3 Å². The van der Waals surface area contributed by atoms with Gasteiger partial charge in [0.1, 0.15) is 0 Å². The van der Waals surface area contributed by atoms with E-state index in [0.717, 1.165) is 16.6 Å². The molecule has 1 saturated heterocycles. The van der Waals surface area contributed by atoms with E-state index in [-0.39, 0.29) is 29.2 Å². The van der Waals surface area contributed by atoms with Crippen LogP contribution in [0.25, 0.3) is 11.0 Å². The second-order valence-corrected chi connectivity index (χ2v) is 6.24. The predicted molar refractivity (Wildman–Crippen MR) is 80.2 cm³/mol. The summed E-state index contributed by atoms with van der Waals surface area (Å²) in [6.07, 6.45) is 0.371. The van der Waals surface area contributed by atoms with Crippen LogP contribution in [0.5, 0.6) is 0 Å². The smallest absolute Gasteiger partial charge is 0.323 e. The van der Waals surface area contributed by atoms with E-state index >= 15 is 0 Å². The number of H-pyrrole nitrogens is 2. The highest BCUT2D eigenvalue weighted by atomic mass is 35.5. The number of rotatable bonds is 2. The second-order valence-electron chi connectivity index (χ2n) is 5.77. The summed E-state index contributed by atoms with van der Waals surface area (Å²) in [5, 5.41) is -0.118. The molecule has 5 heteroatoms. The standard InChI is InChI=1S/C15H19ClN2O2/c1-7-8(2)20-9(3)13(7)14(16)10-4-5-11-12(6-10)18-15(19)17-11/h4-9,13-14H,1-3H3,(H2,17,18,19). The molecule has 2 aromatic rings. The lowest BCUT2D eigenvalue weighted by atomic mass is 9.84. The Morgan fingerprint density at radius 2 is 1.85 bits per heavy atom. The van der Waals surface area contributed by atoms with Gasteiger partial charge in [-0.3, -0.25) is 0 Å². The van der Waals surface area contributed by atoms with Gasteiger partial charge in [0.25, 0.3) is 0 Å². The summed E-state index contributed by atoms with van der Waals surface area (Å²) >= 11 is 6.69. The molecule has 3 rings (SSSR count). The number of halogens is 1. The van der Waals surface area contributed by atoms with Gasteiger partial charge in [-0.2, -0.15) is 0 Å². The molecule has 108 valence electrons. The first-order chi connectivity index (χ1) is 9.47. The first kappa shape index (κ1) is 13.7. The summed E-state index contributed by atoms with van der Waals surface area (Å²) in [7, 11) is 0. The van der Waals surface area contributed by atoms with Crippen molar-refractivity contribution >= 4 is 22.6 Å². The molecule has 5 atom stereocenters. The molecule has 1 aromatic heterocycles. The summed E-state index contributed by atoms with van der Waals surface area (Å²) in [4.78, 5) is 16.8. The Kier molecular flexibility index (Phi) is 3.38. The third-order valence-electron chi connectivity index (χ3n) is 4.52. The van der Waals surface area contributed by atoms with Gasteiger partial charge in [-0.25, -0.2) is 4.79 Å². The van der Waals surface area contributed by atoms with Gasteiger partial charge >= 0.3 is 5.69 Å². The van der Waals surface area contributed by atoms with Crippen molar-refractivity contribution in [2.75, 3.05) is 0 Å². The summed E-state index contributed by atoms with van der Waals surface area (Å²) in [6, 6.07) is 5.83. The molecule has 0 bridgehead atoms. The van der Waals surface area contributed by atoms with Crippen LogP contribution in [-0.4, -0.2) is 22.2 Å². The molecular formula is C15H19ClN2O2. The minimum Gasteiger partial charge on any atom is -0.375 e. The van der Waals surface area contributed by atoms with E-state index in [1.807, 2.05) is 18.2 Å². The van der Waals surface area contributed by atoms with Crippen molar-refractivity contribution in [1.82, 2.24) is 9.97 Å². The summed E-state index contributed by atoms with van der Waals surface area (Å²) in [6.45, 7) is 6.36. The molecule has 0 spiro atoms. The molecule has 0 amide bonds. The minimum atomic E-state index is -0.192. The second kappa shape index (κ2) is 4.93. The normalized spacial score (nSPS) is 31.8. The van der Waals surface area contributed by atoms with Crippen LogP contribution < -0.4 is 5.69 Å². The molecule has 0 saturated carbocycles. The molecule has 1 fully saturated rings. The first-order valence-corrected chi connectivity index (χ1v) is 7.42. The fourth-order valence-electron chi connectivity index (χ4n) is 3.24. The van der Waals surface area contributed by atoms with Crippen LogP contribution in [0.4, 0.5) is 0 Å². The van der Waals surface area contributed by atoms with Gasteiger partial charge in [0.2, 0.25) is 0 Å². The number of nitrogens with one attached hydrogen (secondary N) is 2. The molecule has 0 radical (unpaired) electrons. The molecule has 4 nitrogen and oxygen atoms in total. The number of benzene rings is 1. The molecule has 2 heterocycles. The highest BCUT2D eigenvalue weighted by Crippen LogP contribution is 2.44. The Hall–Kier alpha value is -1.26. The van der Waals surface area contributed by atoms with Gasteiger partial charge in [-0.05, 0) is 37.5 Å². The van der Waals surface area contributed by atoms with Crippen molar-refractivity contribution < 1.29 is 4.74 Å². The Morgan fingerprint density at radius 1 is 1.15 bits per heavy atom. The molecule has 20 heavy (non-hydrogen) atoms. The maximum absolute atomic E-state index is 11.3. The zero-order valence-corrected chi connectivity index (χ0v) is 12.6. The van der Waals surface area contributed by atoms with Gasteiger partial charge in [-0.1, -0.05) is 13.0 Å². The zero-order valence-electron chi connectivity index (χ0n) is 11.8. The molecule has 1 aliphatic rings. The third-order valence-corrected chi connectivity index (χ3v) is 5.06. The van der Waals surface area contributed by atoms with Crippen LogP contribution >= 0.6 is 11.6 Å². The van der Waals surface area contributed by atoms with E-state index in [2.05, 4.69) is 30.7 Å². The van der Waals surface area contributed by atoms with Crippen molar-refractivity contribution in [3.05, 3.63) is 34.2 Å².